The summed E-state index contributed by atoms with van der Waals surface area (Å²) in [4.78, 5) is 12.7. The number of amides is 1. The standard InChI is InChI=1S/C21H31N5O5S/c22-13-5-15-1-2-16(6-13)25(15)32(28,29)26-17-3-4-18(26)8-14(7-17)23-21(27)19-9-20(31-24-19)12-10-30-11-12/h9,12-18H,1-8,10-11,22H2,(H,23,27). The van der Waals surface area contributed by atoms with Crippen molar-refractivity contribution < 1.29 is 22.5 Å². The Morgan fingerprint density at radius 3 is 2.09 bits per heavy atom. The molecule has 0 aromatic carbocycles. The lowest BCUT2D eigenvalue weighted by Crippen LogP contribution is -2.60. The first-order chi connectivity index (χ1) is 15.4. The van der Waals surface area contributed by atoms with E-state index in [2.05, 4.69) is 10.5 Å². The molecule has 0 spiro atoms. The minimum atomic E-state index is -3.53. The van der Waals surface area contributed by atoms with E-state index in [-0.39, 0.29) is 53.8 Å². The second-order valence-electron chi connectivity index (χ2n) is 10.2. The zero-order valence-corrected chi connectivity index (χ0v) is 18.9. The first-order valence-electron chi connectivity index (χ1n) is 11.8. The number of fused-ring (bicyclic) bond motifs is 4. The highest BCUT2D eigenvalue weighted by molar-refractivity contribution is 7.86. The van der Waals surface area contributed by atoms with E-state index in [0.717, 1.165) is 38.5 Å². The van der Waals surface area contributed by atoms with Crippen LogP contribution < -0.4 is 11.1 Å². The van der Waals surface area contributed by atoms with Crippen molar-refractivity contribution in [3.8, 4) is 0 Å². The summed E-state index contributed by atoms with van der Waals surface area (Å²) in [6.45, 7) is 1.19. The highest BCUT2D eigenvalue weighted by atomic mass is 32.2. The van der Waals surface area contributed by atoms with E-state index < -0.39 is 10.2 Å². The van der Waals surface area contributed by atoms with Gasteiger partial charge in [0.25, 0.3) is 16.1 Å². The van der Waals surface area contributed by atoms with Crippen molar-refractivity contribution in [2.75, 3.05) is 13.2 Å². The second-order valence-corrected chi connectivity index (χ2v) is 11.9. The number of carbonyl (C=O) groups excluding carboxylic acids is 1. The van der Waals surface area contributed by atoms with Gasteiger partial charge in [-0.15, -0.1) is 0 Å². The van der Waals surface area contributed by atoms with Crippen LogP contribution in [0.4, 0.5) is 0 Å². The third kappa shape index (κ3) is 3.40. The largest absolute Gasteiger partial charge is 0.380 e. The molecule has 0 aliphatic carbocycles. The Hall–Kier alpha value is -1.53. The second kappa shape index (κ2) is 7.76. The van der Waals surface area contributed by atoms with Gasteiger partial charge in [-0.1, -0.05) is 5.16 Å². The minimum Gasteiger partial charge on any atom is -0.380 e. The highest BCUT2D eigenvalue weighted by Crippen LogP contribution is 2.44. The van der Waals surface area contributed by atoms with E-state index in [9.17, 15) is 13.2 Å². The molecule has 6 rings (SSSR count). The summed E-state index contributed by atoms with van der Waals surface area (Å²) in [5.74, 6) is 0.593. The molecule has 32 heavy (non-hydrogen) atoms. The Labute approximate surface area is 188 Å². The number of ether oxygens (including phenoxy) is 1. The van der Waals surface area contributed by atoms with Crippen LogP contribution in [0.25, 0.3) is 0 Å². The van der Waals surface area contributed by atoms with Crippen LogP contribution in [0.2, 0.25) is 0 Å². The fraction of sp³-hybridized carbons (Fsp3) is 0.810. The molecule has 11 heteroatoms. The summed E-state index contributed by atoms with van der Waals surface area (Å²) >= 11 is 0. The zero-order chi connectivity index (χ0) is 22.0. The number of nitrogens with one attached hydrogen (secondary N) is 1. The van der Waals surface area contributed by atoms with Crippen molar-refractivity contribution in [1.29, 1.82) is 0 Å². The molecule has 1 amide bonds. The van der Waals surface area contributed by atoms with Crippen molar-refractivity contribution in [3.05, 3.63) is 17.5 Å². The highest BCUT2D eigenvalue weighted by Gasteiger charge is 2.54. The van der Waals surface area contributed by atoms with Crippen LogP contribution in [0, 0.1) is 0 Å². The van der Waals surface area contributed by atoms with Crippen LogP contribution in [0.5, 0.6) is 0 Å². The van der Waals surface area contributed by atoms with Crippen LogP contribution in [0.3, 0.4) is 0 Å². The molecule has 10 nitrogen and oxygen atoms in total. The van der Waals surface area contributed by atoms with Gasteiger partial charge in [-0.25, -0.2) is 0 Å². The molecule has 1 aromatic heterocycles. The summed E-state index contributed by atoms with van der Waals surface area (Å²) in [6, 6.07) is 1.66. The number of carbonyl (C=O) groups is 1. The predicted octanol–water partition coefficient (Wildman–Crippen LogP) is 0.713. The van der Waals surface area contributed by atoms with Crippen molar-refractivity contribution in [3.63, 3.8) is 0 Å². The van der Waals surface area contributed by atoms with Crippen molar-refractivity contribution in [2.45, 2.75) is 93.5 Å². The Bertz CT molecular complexity index is 966. The van der Waals surface area contributed by atoms with Gasteiger partial charge in [-0.2, -0.15) is 17.0 Å². The number of piperidine rings is 2. The SMILES string of the molecule is NC1CC2CCC(C1)N2S(=O)(=O)N1C2CCC1CC(NC(=O)c1cc(C3COC3)on1)C2. The van der Waals surface area contributed by atoms with E-state index in [0.29, 0.717) is 31.8 Å². The predicted molar refractivity (Wildman–Crippen MR) is 114 cm³/mol. The van der Waals surface area contributed by atoms with Crippen LogP contribution in [0.1, 0.15) is 73.5 Å². The van der Waals surface area contributed by atoms with Gasteiger partial charge in [0, 0.05) is 42.3 Å². The summed E-state index contributed by atoms with van der Waals surface area (Å²) in [7, 11) is -3.53. The summed E-state index contributed by atoms with van der Waals surface area (Å²) in [5, 5.41) is 6.98. The van der Waals surface area contributed by atoms with E-state index in [1.54, 1.807) is 14.7 Å². The van der Waals surface area contributed by atoms with Gasteiger partial charge in [0.15, 0.2) is 5.69 Å². The van der Waals surface area contributed by atoms with Crippen molar-refractivity contribution >= 4 is 16.1 Å². The Morgan fingerprint density at radius 2 is 1.56 bits per heavy atom. The van der Waals surface area contributed by atoms with Gasteiger partial charge in [0.05, 0.1) is 19.1 Å². The molecule has 6 heterocycles. The molecule has 0 radical (unpaired) electrons. The van der Waals surface area contributed by atoms with Crippen LogP contribution >= 0.6 is 0 Å². The average molecular weight is 466 g/mol. The topological polar surface area (TPSA) is 131 Å². The molecule has 5 aliphatic heterocycles. The minimum absolute atomic E-state index is 0.0352. The molecule has 5 saturated heterocycles. The quantitative estimate of drug-likeness (QED) is 0.655. The van der Waals surface area contributed by atoms with Crippen LogP contribution in [-0.2, 0) is 14.9 Å². The van der Waals surface area contributed by atoms with Crippen LogP contribution in [0.15, 0.2) is 10.6 Å². The molecule has 5 aliphatic rings. The number of nitrogens with two attached hydrogens (primary N) is 1. The molecule has 4 atom stereocenters. The molecule has 4 bridgehead atoms. The number of hydrogen-bond acceptors (Lipinski definition) is 7. The smallest absolute Gasteiger partial charge is 0.283 e. The summed E-state index contributed by atoms with van der Waals surface area (Å²) < 4.78 is 41.4. The first kappa shape index (κ1) is 21.0. The molecular weight excluding hydrogens is 434 g/mol. The molecule has 1 aromatic rings. The van der Waals surface area contributed by atoms with E-state index >= 15 is 0 Å². The number of rotatable bonds is 5. The van der Waals surface area contributed by atoms with Gasteiger partial charge in [-0.05, 0) is 51.4 Å². The van der Waals surface area contributed by atoms with Gasteiger partial charge >= 0.3 is 0 Å². The Balaban J connectivity index is 1.13. The zero-order valence-electron chi connectivity index (χ0n) is 18.1. The van der Waals surface area contributed by atoms with E-state index in [1.807, 2.05) is 0 Å². The lowest BCUT2D eigenvalue weighted by molar-refractivity contribution is -0.00228. The Morgan fingerprint density at radius 1 is 1.00 bits per heavy atom. The fourth-order valence-electron chi connectivity index (χ4n) is 6.54. The summed E-state index contributed by atoms with van der Waals surface area (Å²) in [6.07, 6.45) is 6.27. The number of nitrogens with zero attached hydrogens (tertiary/aromatic N) is 3. The lowest BCUT2D eigenvalue weighted by atomic mass is 9.99. The molecule has 176 valence electrons. The summed E-state index contributed by atoms with van der Waals surface area (Å²) in [5.41, 5.74) is 6.43. The molecular formula is C21H31N5O5S. The molecule has 4 unspecified atom stereocenters. The normalized spacial score (nSPS) is 38.0. The van der Waals surface area contributed by atoms with Gasteiger partial charge in [0.2, 0.25) is 0 Å². The molecule has 5 fully saturated rings. The van der Waals surface area contributed by atoms with E-state index in [4.69, 9.17) is 15.0 Å². The average Bonchev–Trinajstić information content (AvgIpc) is 3.36. The third-order valence-electron chi connectivity index (χ3n) is 8.04. The number of aromatic nitrogens is 1. The van der Waals surface area contributed by atoms with Crippen molar-refractivity contribution in [1.82, 2.24) is 19.1 Å². The molecule has 3 N–H and O–H groups in total. The van der Waals surface area contributed by atoms with E-state index in [1.165, 1.54) is 0 Å². The fourth-order valence-corrected chi connectivity index (χ4v) is 9.03. The third-order valence-corrected chi connectivity index (χ3v) is 10.3. The maximum Gasteiger partial charge on any atom is 0.283 e. The lowest BCUT2D eigenvalue weighted by Gasteiger charge is -2.44. The van der Waals surface area contributed by atoms with Gasteiger partial charge in [0.1, 0.15) is 5.76 Å². The maximum atomic E-state index is 13.7. The number of hydrogen-bond donors (Lipinski definition) is 2. The van der Waals surface area contributed by atoms with Gasteiger partial charge < -0.3 is 20.3 Å². The Kier molecular flexibility index (Phi) is 5.10. The molecule has 0 saturated carbocycles. The van der Waals surface area contributed by atoms with Gasteiger partial charge in [-0.3, -0.25) is 4.79 Å². The monoisotopic (exact) mass is 465 g/mol. The van der Waals surface area contributed by atoms with Crippen molar-refractivity contribution in [2.24, 2.45) is 5.73 Å². The van der Waals surface area contributed by atoms with Crippen LogP contribution in [-0.4, -0.2) is 77.6 Å². The first-order valence-corrected chi connectivity index (χ1v) is 13.2. The maximum absolute atomic E-state index is 13.7.